The first-order chi connectivity index (χ1) is 24.8. The highest BCUT2D eigenvalue weighted by Gasteiger charge is 2.40. The minimum Gasteiger partial charge on any atom is -1.00 e. The molecule has 4 atom stereocenters. The number of rotatable bonds is 11. The summed E-state index contributed by atoms with van der Waals surface area (Å²) in [5.41, 5.74) is 9.52. The summed E-state index contributed by atoms with van der Waals surface area (Å²) in [4.78, 5) is 2.89. The van der Waals surface area contributed by atoms with E-state index in [0.717, 1.165) is 72.0 Å². The smallest absolute Gasteiger partial charge is 0.169 e. The van der Waals surface area contributed by atoms with Crippen molar-refractivity contribution in [3.63, 3.8) is 0 Å². The van der Waals surface area contributed by atoms with Gasteiger partial charge < -0.3 is 72.5 Å². The Morgan fingerprint density at radius 2 is 1.09 bits per heavy atom. The Hall–Kier alpha value is -4.22. The fourth-order valence-electron chi connectivity index (χ4n) is 8.45. The lowest BCUT2D eigenvalue weighted by Crippen LogP contribution is -3.10. The Morgan fingerprint density at radius 3 is 1.75 bits per heavy atom. The lowest BCUT2D eigenvalue weighted by molar-refractivity contribution is -0.914. The molecule has 3 aliphatic rings. The molecule has 0 amide bonds. The number of hydrogen-bond donors (Lipinski definition) is 2. The molecule has 0 fully saturated rings. The van der Waals surface area contributed by atoms with Crippen LogP contribution in [0, 0.1) is 0 Å². The molecule has 0 bridgehead atoms. The van der Waals surface area contributed by atoms with Gasteiger partial charge in [0.1, 0.15) is 17.8 Å². The molecule has 7 rings (SSSR count). The minimum atomic E-state index is 0. The third-order valence-electron chi connectivity index (χ3n) is 11.2. The van der Waals surface area contributed by atoms with E-state index in [0.29, 0.717) is 35.2 Å². The number of nitrogens with one attached hydrogen (secondary N) is 2. The molecule has 4 unspecified atom stereocenters. The molecule has 1 aliphatic carbocycles. The van der Waals surface area contributed by atoms with Crippen molar-refractivity contribution in [1.29, 1.82) is 0 Å². The predicted octanol–water partition coefficient (Wildman–Crippen LogP) is -1.76. The van der Waals surface area contributed by atoms with Gasteiger partial charge in [0, 0.05) is 54.0 Å². The number of methoxy groups -OCH3 is 7. The second-order valence-corrected chi connectivity index (χ2v) is 13.7. The summed E-state index contributed by atoms with van der Waals surface area (Å²) < 4.78 is 47.9. The van der Waals surface area contributed by atoms with Crippen LogP contribution in [-0.4, -0.2) is 77.0 Å². The molecule has 0 saturated carbocycles. The van der Waals surface area contributed by atoms with Gasteiger partial charge in [0.25, 0.3) is 0 Å². The molecule has 0 aromatic heterocycles. The van der Waals surface area contributed by atoms with Crippen LogP contribution in [0.15, 0.2) is 42.5 Å². The number of quaternary nitrogens is 2. The van der Waals surface area contributed by atoms with Gasteiger partial charge in [-0.3, -0.25) is 0 Å². The summed E-state index contributed by atoms with van der Waals surface area (Å²) in [6, 6.07) is 15.0. The van der Waals surface area contributed by atoms with E-state index >= 15 is 0 Å². The molecule has 2 N–H and O–H groups in total. The Bertz CT molecular complexity index is 1970. The maximum absolute atomic E-state index is 6.93. The van der Waals surface area contributed by atoms with Crippen molar-refractivity contribution in [2.45, 2.75) is 37.8 Å². The van der Waals surface area contributed by atoms with Gasteiger partial charge in [0.05, 0.1) is 77.0 Å². The van der Waals surface area contributed by atoms with Crippen molar-refractivity contribution >= 4 is 0 Å². The highest BCUT2D eigenvalue weighted by molar-refractivity contribution is 5.85. The maximum Gasteiger partial charge on any atom is 0.169 e. The van der Waals surface area contributed by atoms with Crippen LogP contribution in [0.1, 0.15) is 45.5 Å². The Kier molecular flexibility index (Phi) is 12.4. The Balaban J connectivity index is 0.00000271. The van der Waals surface area contributed by atoms with E-state index in [1.54, 1.807) is 49.8 Å². The number of benzene rings is 4. The second kappa shape index (κ2) is 16.4. The van der Waals surface area contributed by atoms with Crippen molar-refractivity contribution in [2.75, 3.05) is 77.0 Å². The van der Waals surface area contributed by atoms with Crippen LogP contribution in [0.5, 0.6) is 51.7 Å². The quantitative estimate of drug-likeness (QED) is 0.186. The first-order valence-electron chi connectivity index (χ1n) is 17.6. The minimum absolute atomic E-state index is 0. The number of fused-ring (bicyclic) bond motifs is 3. The average Bonchev–Trinajstić information content (AvgIpc) is 3.16. The molecule has 0 radical (unpaired) electrons. The number of likely N-dealkylation sites (N-methyl/N-ethyl adjacent to an activating group) is 2. The lowest BCUT2D eigenvalue weighted by atomic mass is 9.76. The van der Waals surface area contributed by atoms with E-state index in [1.165, 1.54) is 37.6 Å². The summed E-state index contributed by atoms with van der Waals surface area (Å²) in [5.74, 6) is 6.18. The van der Waals surface area contributed by atoms with Crippen LogP contribution in [0.2, 0.25) is 0 Å². The van der Waals surface area contributed by atoms with Crippen LogP contribution < -0.4 is 72.5 Å². The number of halogens is 2. The molecule has 53 heavy (non-hydrogen) atoms. The summed E-state index contributed by atoms with van der Waals surface area (Å²) >= 11 is 0. The van der Waals surface area contributed by atoms with E-state index in [1.807, 2.05) is 12.1 Å². The van der Waals surface area contributed by atoms with E-state index in [9.17, 15) is 0 Å². The standard InChI is InChI=1S/C41H48N2O8.2ClH/c1-42-12-10-23-16-32(44-3)34(46-5)20-27(23)29(42)15-26-19-33(45-4)36(48-7)22-31(26)51-37-18-25-14-30-39-24(11-13-43(30)2)17-38(49-8)41(50-9)40(39)28(25)21-35(37)47-6;;/h16-22,29-30H,10-15H2,1-9H3;2*1H. The first-order valence-corrected chi connectivity index (χ1v) is 17.6. The van der Waals surface area contributed by atoms with Crippen LogP contribution in [-0.2, 0) is 25.7 Å². The average molecular weight is 770 g/mol. The molecule has 2 heterocycles. The SMILES string of the molecule is COc1cc(CC2c3cc(OC)c(OC)cc3CC[NH+]2C)c(Oc2cc3c(cc2OC)-c2c(OC)c(OC)cc4c2C(C3)[NH+](C)CC4)cc1OC.[Cl-].[Cl-]. The summed E-state index contributed by atoms with van der Waals surface area (Å²) in [7, 11) is 16.3. The summed E-state index contributed by atoms with van der Waals surface area (Å²) in [5, 5.41) is 0. The van der Waals surface area contributed by atoms with Crippen LogP contribution >= 0.6 is 0 Å². The van der Waals surface area contributed by atoms with Crippen molar-refractivity contribution in [2.24, 2.45) is 0 Å². The zero-order valence-electron chi connectivity index (χ0n) is 32.0. The molecule has 10 nitrogen and oxygen atoms in total. The lowest BCUT2D eigenvalue weighted by Gasteiger charge is -2.38. The molecular weight excluding hydrogens is 719 g/mol. The van der Waals surface area contributed by atoms with Gasteiger partial charge in [-0.05, 0) is 58.7 Å². The largest absolute Gasteiger partial charge is 1.00 e. The topological polar surface area (TPSA) is 82.7 Å². The van der Waals surface area contributed by atoms with Gasteiger partial charge in [-0.1, -0.05) is 0 Å². The Morgan fingerprint density at radius 1 is 0.547 bits per heavy atom. The van der Waals surface area contributed by atoms with E-state index in [-0.39, 0.29) is 36.9 Å². The molecule has 286 valence electrons. The van der Waals surface area contributed by atoms with Gasteiger partial charge in [-0.2, -0.15) is 0 Å². The predicted molar refractivity (Wildman–Crippen MR) is 195 cm³/mol. The monoisotopic (exact) mass is 768 g/mol. The summed E-state index contributed by atoms with van der Waals surface area (Å²) in [6.07, 6.45) is 3.51. The van der Waals surface area contributed by atoms with Gasteiger partial charge in [0.15, 0.2) is 46.0 Å². The van der Waals surface area contributed by atoms with Crippen LogP contribution in [0.3, 0.4) is 0 Å². The molecule has 12 heteroatoms. The Labute approximate surface area is 325 Å². The highest BCUT2D eigenvalue weighted by atomic mass is 35.5. The van der Waals surface area contributed by atoms with Gasteiger partial charge >= 0.3 is 0 Å². The molecule has 2 aliphatic heterocycles. The van der Waals surface area contributed by atoms with E-state index in [2.05, 4.69) is 44.4 Å². The van der Waals surface area contributed by atoms with E-state index in [4.69, 9.17) is 37.9 Å². The number of ether oxygens (including phenoxy) is 8. The van der Waals surface area contributed by atoms with Crippen LogP contribution in [0.25, 0.3) is 11.1 Å². The highest BCUT2D eigenvalue weighted by Crippen LogP contribution is 2.52. The normalized spacial score (nSPS) is 19.2. The van der Waals surface area contributed by atoms with Crippen molar-refractivity contribution < 1.29 is 72.5 Å². The molecule has 4 aromatic rings. The first kappa shape index (κ1) is 40.0. The summed E-state index contributed by atoms with van der Waals surface area (Å²) in [6.45, 7) is 2.04. The van der Waals surface area contributed by atoms with Gasteiger partial charge in [0.2, 0.25) is 0 Å². The van der Waals surface area contributed by atoms with Gasteiger partial charge in [-0.25, -0.2) is 0 Å². The maximum atomic E-state index is 6.93. The zero-order valence-corrected chi connectivity index (χ0v) is 33.5. The number of hydrogen-bond acceptors (Lipinski definition) is 8. The van der Waals surface area contributed by atoms with E-state index < -0.39 is 0 Å². The molecule has 0 spiro atoms. The van der Waals surface area contributed by atoms with Crippen molar-refractivity contribution in [1.82, 2.24) is 0 Å². The van der Waals surface area contributed by atoms with Gasteiger partial charge in [-0.15, -0.1) is 0 Å². The third-order valence-corrected chi connectivity index (χ3v) is 11.2. The van der Waals surface area contributed by atoms with Crippen molar-refractivity contribution in [3.8, 4) is 62.9 Å². The second-order valence-electron chi connectivity index (χ2n) is 13.7. The molecular formula is C41H50Cl2N2O8. The molecule has 4 aromatic carbocycles. The van der Waals surface area contributed by atoms with Crippen LogP contribution in [0.4, 0.5) is 0 Å². The third kappa shape index (κ3) is 6.98. The fourth-order valence-corrected chi connectivity index (χ4v) is 8.45. The van der Waals surface area contributed by atoms with Crippen molar-refractivity contribution in [3.05, 3.63) is 75.8 Å². The zero-order chi connectivity index (χ0) is 36.0. The molecule has 0 saturated heterocycles. The fraction of sp³-hybridized carbons (Fsp3) is 0.415.